The molecule has 7 heteroatoms. The van der Waals surface area contributed by atoms with Crippen LogP contribution in [0.4, 0.5) is 0 Å². The number of nitrogens with zero attached hydrogens (tertiary/aromatic N) is 4. The molecule has 2 aromatic rings. The summed E-state index contributed by atoms with van der Waals surface area (Å²) in [6.07, 6.45) is 3.60. The molecule has 0 aliphatic carbocycles. The number of hydrogen-bond donors (Lipinski definition) is 1. The van der Waals surface area contributed by atoms with E-state index in [1.165, 1.54) is 0 Å². The van der Waals surface area contributed by atoms with Crippen LogP contribution < -0.4 is 0 Å². The van der Waals surface area contributed by atoms with E-state index in [-0.39, 0.29) is 11.9 Å². The SMILES string of the molecule is Cc1c(Cl)c(C(=O)N2CCCC2c2ccn[nH]2)nn1C. The minimum absolute atomic E-state index is 0.0309. The Morgan fingerprint density at radius 1 is 1.55 bits per heavy atom. The standard InChI is InChI=1S/C13H16ClN5O/c1-8-11(14)12(17-18(8)2)13(20)19-7-3-4-10(19)9-5-6-15-16-9/h5-6,10H,3-4,7H2,1-2H3,(H,15,16). The number of amides is 1. The number of carbonyl (C=O) groups is 1. The third-order valence-electron chi connectivity index (χ3n) is 3.86. The second-order valence-corrected chi connectivity index (χ2v) is 5.42. The van der Waals surface area contributed by atoms with Crippen molar-refractivity contribution in [1.82, 2.24) is 24.9 Å². The van der Waals surface area contributed by atoms with Crippen molar-refractivity contribution >= 4 is 17.5 Å². The lowest BCUT2D eigenvalue weighted by atomic mass is 10.1. The van der Waals surface area contributed by atoms with Gasteiger partial charge in [0.15, 0.2) is 5.69 Å². The number of carbonyl (C=O) groups excluding carboxylic acids is 1. The number of likely N-dealkylation sites (tertiary alicyclic amines) is 1. The van der Waals surface area contributed by atoms with Crippen molar-refractivity contribution in [3.05, 3.63) is 34.4 Å². The minimum atomic E-state index is -0.115. The number of nitrogens with one attached hydrogen (secondary N) is 1. The molecule has 3 rings (SSSR count). The van der Waals surface area contributed by atoms with Crippen molar-refractivity contribution in [2.24, 2.45) is 7.05 Å². The number of aromatic amines is 1. The summed E-state index contributed by atoms with van der Waals surface area (Å²) in [4.78, 5) is 14.5. The first-order valence-electron chi connectivity index (χ1n) is 6.59. The molecule has 0 radical (unpaired) electrons. The molecule has 1 aliphatic rings. The molecular weight excluding hydrogens is 278 g/mol. The highest BCUT2D eigenvalue weighted by molar-refractivity contribution is 6.34. The lowest BCUT2D eigenvalue weighted by Crippen LogP contribution is -2.31. The zero-order chi connectivity index (χ0) is 14.3. The van der Waals surface area contributed by atoms with Crippen LogP contribution in [0.15, 0.2) is 12.3 Å². The summed E-state index contributed by atoms with van der Waals surface area (Å²) in [5.74, 6) is -0.115. The molecule has 6 nitrogen and oxygen atoms in total. The van der Waals surface area contributed by atoms with Gasteiger partial charge in [0.1, 0.15) is 0 Å². The van der Waals surface area contributed by atoms with Gasteiger partial charge in [-0.05, 0) is 25.8 Å². The third-order valence-corrected chi connectivity index (χ3v) is 4.31. The second kappa shape index (κ2) is 4.94. The van der Waals surface area contributed by atoms with Gasteiger partial charge >= 0.3 is 0 Å². The predicted octanol–water partition coefficient (Wildman–Crippen LogP) is 2.08. The number of halogens is 1. The molecule has 1 unspecified atom stereocenters. The van der Waals surface area contributed by atoms with Gasteiger partial charge in [-0.25, -0.2) is 0 Å². The Morgan fingerprint density at radius 3 is 2.95 bits per heavy atom. The maximum absolute atomic E-state index is 12.7. The van der Waals surface area contributed by atoms with Crippen molar-refractivity contribution in [2.75, 3.05) is 6.54 Å². The Hall–Kier alpha value is -1.82. The largest absolute Gasteiger partial charge is 0.329 e. The highest BCUT2D eigenvalue weighted by Gasteiger charge is 2.34. The van der Waals surface area contributed by atoms with Gasteiger partial charge in [-0.1, -0.05) is 11.6 Å². The average molecular weight is 294 g/mol. The van der Waals surface area contributed by atoms with E-state index in [0.717, 1.165) is 24.2 Å². The summed E-state index contributed by atoms with van der Waals surface area (Å²) in [5, 5.41) is 11.6. The average Bonchev–Trinajstić information content (AvgIpc) is 3.14. The number of hydrogen-bond acceptors (Lipinski definition) is 3. The molecule has 1 fully saturated rings. The Kier molecular flexibility index (Phi) is 3.25. The molecule has 106 valence electrons. The first kappa shape index (κ1) is 13.2. The number of rotatable bonds is 2. The van der Waals surface area contributed by atoms with E-state index in [0.29, 0.717) is 17.3 Å². The van der Waals surface area contributed by atoms with Crippen LogP contribution in [0.5, 0.6) is 0 Å². The molecule has 20 heavy (non-hydrogen) atoms. The fourth-order valence-electron chi connectivity index (χ4n) is 2.64. The molecule has 3 heterocycles. The molecule has 1 atom stereocenters. The zero-order valence-corrected chi connectivity index (χ0v) is 12.2. The fraction of sp³-hybridized carbons (Fsp3) is 0.462. The topological polar surface area (TPSA) is 66.8 Å². The van der Waals surface area contributed by atoms with E-state index in [4.69, 9.17) is 11.6 Å². The zero-order valence-electron chi connectivity index (χ0n) is 11.4. The van der Waals surface area contributed by atoms with Crippen molar-refractivity contribution in [3.63, 3.8) is 0 Å². The van der Waals surface area contributed by atoms with Crippen molar-refractivity contribution < 1.29 is 4.79 Å². The lowest BCUT2D eigenvalue weighted by Gasteiger charge is -2.22. The maximum Gasteiger partial charge on any atom is 0.276 e. The Balaban J connectivity index is 1.91. The van der Waals surface area contributed by atoms with Gasteiger partial charge in [-0.3, -0.25) is 14.6 Å². The summed E-state index contributed by atoms with van der Waals surface area (Å²) in [6, 6.07) is 1.94. The summed E-state index contributed by atoms with van der Waals surface area (Å²) in [6.45, 7) is 2.57. The first-order chi connectivity index (χ1) is 9.59. The predicted molar refractivity (Wildman–Crippen MR) is 74.6 cm³/mol. The molecule has 0 saturated carbocycles. The quantitative estimate of drug-likeness (QED) is 0.922. The van der Waals surface area contributed by atoms with Crippen LogP contribution in [0.1, 0.15) is 40.8 Å². The normalized spacial score (nSPS) is 18.8. The molecule has 2 aromatic heterocycles. The van der Waals surface area contributed by atoms with Crippen molar-refractivity contribution in [1.29, 1.82) is 0 Å². The van der Waals surface area contributed by atoms with Gasteiger partial charge in [0.25, 0.3) is 5.91 Å². The van der Waals surface area contributed by atoms with Crippen molar-refractivity contribution in [3.8, 4) is 0 Å². The molecule has 0 spiro atoms. The molecule has 1 saturated heterocycles. The number of aromatic nitrogens is 4. The smallest absolute Gasteiger partial charge is 0.276 e. The van der Waals surface area contributed by atoms with Crippen molar-refractivity contribution in [2.45, 2.75) is 25.8 Å². The molecule has 0 aromatic carbocycles. The Labute approximate surface area is 121 Å². The van der Waals surface area contributed by atoms with E-state index in [9.17, 15) is 4.79 Å². The molecule has 1 aliphatic heterocycles. The second-order valence-electron chi connectivity index (χ2n) is 5.04. The Bertz CT molecular complexity index is 633. The molecule has 0 bridgehead atoms. The van der Waals surface area contributed by atoms with Crippen LogP contribution in [-0.2, 0) is 7.05 Å². The van der Waals surface area contributed by atoms with Crippen LogP contribution in [0.25, 0.3) is 0 Å². The summed E-state index contributed by atoms with van der Waals surface area (Å²) < 4.78 is 1.64. The minimum Gasteiger partial charge on any atom is -0.329 e. The van der Waals surface area contributed by atoms with Gasteiger partial charge in [0, 0.05) is 19.8 Å². The fourth-order valence-corrected chi connectivity index (χ4v) is 2.88. The third kappa shape index (κ3) is 2.00. The number of aryl methyl sites for hydroxylation is 1. The summed E-state index contributed by atoms with van der Waals surface area (Å²) in [7, 11) is 1.79. The highest BCUT2D eigenvalue weighted by Crippen LogP contribution is 2.33. The van der Waals surface area contributed by atoms with Crippen LogP contribution in [0.3, 0.4) is 0 Å². The highest BCUT2D eigenvalue weighted by atomic mass is 35.5. The monoisotopic (exact) mass is 293 g/mol. The van der Waals surface area contributed by atoms with Crippen LogP contribution >= 0.6 is 11.6 Å². The molecular formula is C13H16ClN5O. The lowest BCUT2D eigenvalue weighted by molar-refractivity contribution is 0.0726. The summed E-state index contributed by atoms with van der Waals surface area (Å²) >= 11 is 6.21. The van der Waals surface area contributed by atoms with Gasteiger partial charge in [0.2, 0.25) is 0 Å². The van der Waals surface area contributed by atoms with Gasteiger partial charge in [-0.2, -0.15) is 10.2 Å². The maximum atomic E-state index is 12.7. The van der Waals surface area contributed by atoms with E-state index in [1.807, 2.05) is 17.9 Å². The van der Waals surface area contributed by atoms with Crippen LogP contribution in [0.2, 0.25) is 5.02 Å². The van der Waals surface area contributed by atoms with E-state index < -0.39 is 0 Å². The Morgan fingerprint density at radius 2 is 2.35 bits per heavy atom. The summed E-state index contributed by atoms with van der Waals surface area (Å²) in [5.41, 5.74) is 2.09. The van der Waals surface area contributed by atoms with E-state index >= 15 is 0 Å². The number of H-pyrrole nitrogens is 1. The molecule has 1 N–H and O–H groups in total. The van der Waals surface area contributed by atoms with Gasteiger partial charge in [-0.15, -0.1) is 0 Å². The van der Waals surface area contributed by atoms with E-state index in [2.05, 4.69) is 15.3 Å². The van der Waals surface area contributed by atoms with Crippen LogP contribution in [-0.4, -0.2) is 37.3 Å². The molecule has 1 amide bonds. The van der Waals surface area contributed by atoms with Gasteiger partial charge in [0.05, 0.1) is 22.5 Å². The van der Waals surface area contributed by atoms with E-state index in [1.54, 1.807) is 17.9 Å². The van der Waals surface area contributed by atoms with Gasteiger partial charge < -0.3 is 4.90 Å². The first-order valence-corrected chi connectivity index (χ1v) is 6.96. The van der Waals surface area contributed by atoms with Crippen LogP contribution in [0, 0.1) is 6.92 Å².